The number of carbonyl (C=O) groups is 1. The maximum atomic E-state index is 12.2. The van der Waals surface area contributed by atoms with Crippen molar-refractivity contribution in [2.24, 2.45) is 0 Å². The van der Waals surface area contributed by atoms with Crippen LogP contribution in [0.1, 0.15) is 38.7 Å². The van der Waals surface area contributed by atoms with Gasteiger partial charge in [-0.3, -0.25) is 4.79 Å². The van der Waals surface area contributed by atoms with E-state index in [1.165, 1.54) is 5.56 Å². The van der Waals surface area contributed by atoms with Crippen molar-refractivity contribution in [2.75, 3.05) is 12.4 Å². The van der Waals surface area contributed by atoms with Gasteiger partial charge in [0.05, 0.1) is 6.04 Å². The molecule has 0 saturated carbocycles. The topological polar surface area (TPSA) is 50.4 Å². The maximum absolute atomic E-state index is 12.2. The number of likely N-dealkylation sites (N-methyl/N-ethyl adjacent to an activating group) is 1. The van der Waals surface area contributed by atoms with Crippen molar-refractivity contribution < 1.29 is 9.53 Å². The van der Waals surface area contributed by atoms with Gasteiger partial charge in [0, 0.05) is 12.1 Å². The monoisotopic (exact) mass is 276 g/mol. The Morgan fingerprint density at radius 1 is 1.50 bits per heavy atom. The lowest BCUT2D eigenvalue weighted by Gasteiger charge is -2.16. The van der Waals surface area contributed by atoms with Gasteiger partial charge in [-0.15, -0.1) is 0 Å². The molecule has 1 aromatic carbocycles. The summed E-state index contributed by atoms with van der Waals surface area (Å²) in [5.41, 5.74) is 2.02. The third-order valence-electron chi connectivity index (χ3n) is 3.67. The predicted molar refractivity (Wildman–Crippen MR) is 81.2 cm³/mol. The van der Waals surface area contributed by atoms with Crippen LogP contribution in [0.3, 0.4) is 0 Å². The largest absolute Gasteiger partial charge is 0.490 e. The normalized spacial score (nSPS) is 18.2. The summed E-state index contributed by atoms with van der Waals surface area (Å²) in [7, 11) is 1.83. The van der Waals surface area contributed by atoms with Gasteiger partial charge in [-0.1, -0.05) is 19.8 Å². The first-order valence-corrected chi connectivity index (χ1v) is 7.41. The van der Waals surface area contributed by atoms with Crippen LogP contribution in [0.25, 0.3) is 0 Å². The number of hydrogen-bond donors (Lipinski definition) is 2. The lowest BCUT2D eigenvalue weighted by molar-refractivity contribution is -0.118. The quantitative estimate of drug-likeness (QED) is 0.840. The molecule has 0 unspecified atom stereocenters. The Balaban J connectivity index is 1.99. The summed E-state index contributed by atoms with van der Waals surface area (Å²) >= 11 is 0. The summed E-state index contributed by atoms with van der Waals surface area (Å²) in [6.45, 7) is 4.19. The zero-order chi connectivity index (χ0) is 14.5. The van der Waals surface area contributed by atoms with Gasteiger partial charge in [0.1, 0.15) is 11.9 Å². The Morgan fingerprint density at radius 2 is 2.30 bits per heavy atom. The van der Waals surface area contributed by atoms with E-state index >= 15 is 0 Å². The molecule has 20 heavy (non-hydrogen) atoms. The molecule has 2 rings (SSSR count). The molecule has 1 amide bonds. The van der Waals surface area contributed by atoms with Crippen LogP contribution in [0.5, 0.6) is 5.75 Å². The smallest absolute Gasteiger partial charge is 0.241 e. The highest BCUT2D eigenvalue weighted by Crippen LogP contribution is 2.30. The number of nitrogens with one attached hydrogen (secondary N) is 2. The van der Waals surface area contributed by atoms with Crippen molar-refractivity contribution in [3.05, 3.63) is 23.8 Å². The zero-order valence-corrected chi connectivity index (χ0v) is 12.5. The highest BCUT2D eigenvalue weighted by molar-refractivity contribution is 5.95. The van der Waals surface area contributed by atoms with Crippen LogP contribution in [0.15, 0.2) is 18.2 Å². The van der Waals surface area contributed by atoms with Crippen molar-refractivity contribution in [1.82, 2.24) is 5.32 Å². The molecule has 1 aliphatic heterocycles. The number of fused-ring (bicyclic) bond motifs is 1. The first-order chi connectivity index (χ1) is 9.63. The fourth-order valence-electron chi connectivity index (χ4n) is 2.54. The van der Waals surface area contributed by atoms with Crippen molar-refractivity contribution in [2.45, 2.75) is 51.7 Å². The van der Waals surface area contributed by atoms with Crippen LogP contribution in [-0.4, -0.2) is 25.1 Å². The second-order valence-electron chi connectivity index (χ2n) is 5.43. The van der Waals surface area contributed by atoms with Gasteiger partial charge < -0.3 is 15.4 Å². The average molecular weight is 276 g/mol. The number of rotatable bonds is 6. The molecule has 1 aromatic rings. The third kappa shape index (κ3) is 3.51. The molecule has 0 fully saturated rings. The number of anilines is 1. The second kappa shape index (κ2) is 6.75. The molecule has 0 aliphatic carbocycles. The molecule has 2 N–H and O–H groups in total. The molecule has 0 bridgehead atoms. The maximum Gasteiger partial charge on any atom is 0.241 e. The van der Waals surface area contributed by atoms with Gasteiger partial charge >= 0.3 is 0 Å². The van der Waals surface area contributed by atoms with Crippen LogP contribution in [0, 0.1) is 0 Å². The highest BCUT2D eigenvalue weighted by atomic mass is 16.5. The summed E-state index contributed by atoms with van der Waals surface area (Å²) in [6, 6.07) is 5.73. The summed E-state index contributed by atoms with van der Waals surface area (Å²) in [6.07, 6.45) is 4.15. The molecule has 110 valence electrons. The lowest BCUT2D eigenvalue weighted by atomic mass is 10.1. The minimum absolute atomic E-state index is 0.0351. The van der Waals surface area contributed by atoms with E-state index in [1.807, 2.05) is 25.2 Å². The van der Waals surface area contributed by atoms with Crippen LogP contribution >= 0.6 is 0 Å². The van der Waals surface area contributed by atoms with Crippen LogP contribution in [0.4, 0.5) is 5.69 Å². The summed E-state index contributed by atoms with van der Waals surface area (Å²) in [5.74, 6) is 0.972. The van der Waals surface area contributed by atoms with Gasteiger partial charge in [-0.2, -0.15) is 0 Å². The lowest BCUT2D eigenvalue weighted by Crippen LogP contribution is -2.38. The molecular formula is C16H24N2O2. The van der Waals surface area contributed by atoms with E-state index in [4.69, 9.17) is 4.74 Å². The molecule has 0 saturated heterocycles. The van der Waals surface area contributed by atoms with Crippen LogP contribution in [0.2, 0.25) is 0 Å². The second-order valence-corrected chi connectivity index (χ2v) is 5.43. The Bertz CT molecular complexity index is 474. The molecule has 0 aromatic heterocycles. The number of unbranched alkanes of at least 4 members (excludes halogenated alkanes) is 1. The number of carbonyl (C=O) groups excluding carboxylic acids is 1. The van der Waals surface area contributed by atoms with Gasteiger partial charge in [-0.05, 0) is 44.2 Å². The fraction of sp³-hybridized carbons (Fsp3) is 0.562. The van der Waals surface area contributed by atoms with E-state index in [2.05, 4.69) is 24.5 Å². The van der Waals surface area contributed by atoms with Crippen molar-refractivity contribution in [3.63, 3.8) is 0 Å². The summed E-state index contributed by atoms with van der Waals surface area (Å²) in [4.78, 5) is 12.2. The first-order valence-electron chi connectivity index (χ1n) is 7.41. The molecular weight excluding hydrogens is 252 g/mol. The summed E-state index contributed by atoms with van der Waals surface area (Å²) in [5, 5.41) is 6.07. The zero-order valence-electron chi connectivity index (χ0n) is 12.5. The Kier molecular flexibility index (Phi) is 5.01. The Labute approximate surface area is 120 Å². The molecule has 1 heterocycles. The summed E-state index contributed by atoms with van der Waals surface area (Å²) < 4.78 is 5.66. The van der Waals surface area contributed by atoms with E-state index in [0.717, 1.165) is 37.1 Å². The van der Waals surface area contributed by atoms with E-state index in [0.29, 0.717) is 0 Å². The van der Waals surface area contributed by atoms with Crippen molar-refractivity contribution >= 4 is 11.6 Å². The van der Waals surface area contributed by atoms with Gasteiger partial charge in [0.25, 0.3) is 0 Å². The number of ether oxygens (including phenoxy) is 1. The van der Waals surface area contributed by atoms with Gasteiger partial charge in [0.2, 0.25) is 5.91 Å². The van der Waals surface area contributed by atoms with E-state index < -0.39 is 0 Å². The number of benzene rings is 1. The fourth-order valence-corrected chi connectivity index (χ4v) is 2.54. The number of hydrogen-bond acceptors (Lipinski definition) is 3. The predicted octanol–water partition coefficient (Wildman–Crippen LogP) is 2.73. The SMILES string of the molecule is CCCC[C@@H](NC)C(=O)Nc1ccc2c(c1)C[C@@H](C)O2. The molecule has 2 atom stereocenters. The van der Waals surface area contributed by atoms with E-state index in [9.17, 15) is 4.79 Å². The van der Waals surface area contributed by atoms with Crippen molar-refractivity contribution in [1.29, 1.82) is 0 Å². The minimum Gasteiger partial charge on any atom is -0.490 e. The van der Waals surface area contributed by atoms with Crippen LogP contribution < -0.4 is 15.4 Å². The molecule has 0 radical (unpaired) electrons. The average Bonchev–Trinajstić information content (AvgIpc) is 2.79. The van der Waals surface area contributed by atoms with Gasteiger partial charge in [0.15, 0.2) is 0 Å². The standard InChI is InChI=1S/C16H24N2O2/c1-4-5-6-14(17-3)16(19)18-13-7-8-15-12(10-13)9-11(2)20-15/h7-8,10-11,14,17H,4-6,9H2,1-3H3,(H,18,19)/t11-,14-/m1/s1. The third-order valence-corrected chi connectivity index (χ3v) is 3.67. The number of amides is 1. The van der Waals surface area contributed by atoms with Crippen LogP contribution in [-0.2, 0) is 11.2 Å². The molecule has 1 aliphatic rings. The Morgan fingerprint density at radius 3 is 3.00 bits per heavy atom. The first kappa shape index (κ1) is 14.9. The van der Waals surface area contributed by atoms with E-state index in [1.54, 1.807) is 0 Å². The van der Waals surface area contributed by atoms with E-state index in [-0.39, 0.29) is 18.1 Å². The molecule has 4 nitrogen and oxygen atoms in total. The minimum atomic E-state index is -0.127. The Hall–Kier alpha value is -1.55. The van der Waals surface area contributed by atoms with Crippen molar-refractivity contribution in [3.8, 4) is 5.75 Å². The molecule has 4 heteroatoms. The highest BCUT2D eigenvalue weighted by Gasteiger charge is 2.20. The van der Waals surface area contributed by atoms with Gasteiger partial charge in [-0.25, -0.2) is 0 Å². The molecule has 0 spiro atoms.